The Morgan fingerprint density at radius 3 is 2.69 bits per heavy atom. The molecule has 7 nitrogen and oxygen atoms in total. The molecule has 0 amide bonds. The Morgan fingerprint density at radius 1 is 1.09 bits per heavy atom. The van der Waals surface area contributed by atoms with E-state index in [-0.39, 0.29) is 24.0 Å². The van der Waals surface area contributed by atoms with Gasteiger partial charge in [0, 0.05) is 35.1 Å². The summed E-state index contributed by atoms with van der Waals surface area (Å²) in [5.41, 5.74) is 2.44. The zero-order chi connectivity index (χ0) is 24.4. The summed E-state index contributed by atoms with van der Waals surface area (Å²) in [7, 11) is 0. The number of benzene rings is 2. The zero-order valence-electron chi connectivity index (χ0n) is 19.0. The number of para-hydroxylation sites is 1. The molecule has 1 aliphatic heterocycles. The molecule has 3 heterocycles. The van der Waals surface area contributed by atoms with Crippen LogP contribution in [-0.2, 0) is 16.0 Å². The van der Waals surface area contributed by atoms with Crippen molar-refractivity contribution in [1.82, 2.24) is 9.55 Å². The lowest BCUT2D eigenvalue weighted by atomic mass is 10.00. The Morgan fingerprint density at radius 2 is 1.89 bits per heavy atom. The quantitative estimate of drug-likeness (QED) is 0.350. The van der Waals surface area contributed by atoms with Gasteiger partial charge in [-0.2, -0.15) is 0 Å². The summed E-state index contributed by atoms with van der Waals surface area (Å²) in [4.78, 5) is 35.8. The summed E-state index contributed by atoms with van der Waals surface area (Å²) in [6.07, 6.45) is 3.74. The van der Waals surface area contributed by atoms with Gasteiger partial charge in [0.1, 0.15) is 17.2 Å². The molecule has 1 unspecified atom stereocenters. The maximum atomic E-state index is 14.1. The number of ether oxygens (including phenoxy) is 2. The number of hydrogen-bond donors (Lipinski definition) is 0. The van der Waals surface area contributed by atoms with Gasteiger partial charge in [0.05, 0.1) is 12.1 Å². The maximum absolute atomic E-state index is 14.1. The van der Waals surface area contributed by atoms with E-state index in [1.807, 2.05) is 24.3 Å². The van der Waals surface area contributed by atoms with Crippen LogP contribution in [0.4, 0.5) is 0 Å². The number of esters is 1. The number of carbonyl (C=O) groups excluding carboxylic acids is 2. The molecule has 0 aliphatic carbocycles. The number of aromatic nitrogens is 2. The molecular formula is C27H22ClN3O4. The Kier molecular flexibility index (Phi) is 6.33. The van der Waals surface area contributed by atoms with Gasteiger partial charge in [0.15, 0.2) is 0 Å². The van der Waals surface area contributed by atoms with Crippen molar-refractivity contribution in [3.05, 3.63) is 88.7 Å². The highest BCUT2D eigenvalue weighted by Crippen LogP contribution is 2.35. The number of rotatable bonds is 5. The van der Waals surface area contributed by atoms with Crippen LogP contribution in [0.1, 0.15) is 34.5 Å². The van der Waals surface area contributed by atoms with Crippen molar-refractivity contribution in [3.8, 4) is 11.6 Å². The van der Waals surface area contributed by atoms with Crippen LogP contribution in [0.15, 0.2) is 71.9 Å². The number of aliphatic imine (C=N–C) groups is 1. The lowest BCUT2D eigenvalue weighted by Crippen LogP contribution is -2.24. The van der Waals surface area contributed by atoms with E-state index in [9.17, 15) is 9.59 Å². The molecule has 2 aromatic heterocycles. The van der Waals surface area contributed by atoms with E-state index in [1.165, 1.54) is 0 Å². The van der Waals surface area contributed by atoms with Crippen molar-refractivity contribution in [2.24, 2.45) is 4.99 Å². The lowest BCUT2D eigenvalue weighted by molar-refractivity contribution is -0.143. The summed E-state index contributed by atoms with van der Waals surface area (Å²) in [6, 6.07) is 17.8. The number of carbonyl (C=O) groups is 2. The van der Waals surface area contributed by atoms with Gasteiger partial charge < -0.3 is 9.47 Å². The minimum absolute atomic E-state index is 0.154. The first-order chi connectivity index (χ1) is 17.1. The van der Waals surface area contributed by atoms with Gasteiger partial charge in [-0.05, 0) is 61.4 Å². The normalized spacial score (nSPS) is 14.9. The van der Waals surface area contributed by atoms with Gasteiger partial charge in [0.25, 0.3) is 5.91 Å². The van der Waals surface area contributed by atoms with Crippen molar-refractivity contribution in [2.75, 3.05) is 13.2 Å². The van der Waals surface area contributed by atoms with Crippen LogP contribution in [0.3, 0.4) is 0 Å². The highest BCUT2D eigenvalue weighted by Gasteiger charge is 2.33. The van der Waals surface area contributed by atoms with Gasteiger partial charge in [0.2, 0.25) is 5.88 Å². The number of nitrogens with zero attached hydrogens (tertiary/aromatic N) is 3. The van der Waals surface area contributed by atoms with Crippen molar-refractivity contribution < 1.29 is 19.1 Å². The minimum atomic E-state index is -0.805. The molecule has 8 heteroatoms. The Bertz CT molecular complexity index is 1440. The minimum Gasteiger partial charge on any atom is -0.465 e. The molecule has 2 aromatic carbocycles. The van der Waals surface area contributed by atoms with Crippen LogP contribution in [0.25, 0.3) is 10.9 Å². The molecule has 0 bridgehead atoms. The average molecular weight is 488 g/mol. The fourth-order valence-electron chi connectivity index (χ4n) is 4.34. The van der Waals surface area contributed by atoms with Crippen LogP contribution < -0.4 is 4.74 Å². The van der Waals surface area contributed by atoms with Gasteiger partial charge in [-0.1, -0.05) is 29.8 Å². The van der Waals surface area contributed by atoms with Gasteiger partial charge in [-0.25, -0.2) is 4.98 Å². The highest BCUT2D eigenvalue weighted by atomic mass is 35.5. The largest absolute Gasteiger partial charge is 0.465 e. The van der Waals surface area contributed by atoms with Crippen LogP contribution in [-0.4, -0.2) is 40.8 Å². The third-order valence-corrected chi connectivity index (χ3v) is 6.09. The first kappa shape index (κ1) is 22.8. The Balaban J connectivity index is 1.67. The first-order valence-electron chi connectivity index (χ1n) is 11.3. The number of pyridine rings is 1. The maximum Gasteiger partial charge on any atom is 0.320 e. The number of fused-ring (bicyclic) bond motifs is 3. The smallest absolute Gasteiger partial charge is 0.320 e. The molecule has 35 heavy (non-hydrogen) atoms. The van der Waals surface area contributed by atoms with Crippen LogP contribution in [0, 0.1) is 0 Å². The Labute approximate surface area is 207 Å². The fraction of sp³-hybridized carbons (Fsp3) is 0.185. The molecule has 176 valence electrons. The highest BCUT2D eigenvalue weighted by molar-refractivity contribution is 6.30. The van der Waals surface area contributed by atoms with Crippen LogP contribution >= 0.6 is 11.6 Å². The summed E-state index contributed by atoms with van der Waals surface area (Å²) in [5.74, 6) is -0.957. The van der Waals surface area contributed by atoms with E-state index < -0.39 is 11.9 Å². The van der Waals surface area contributed by atoms with Crippen molar-refractivity contribution in [3.63, 3.8) is 0 Å². The van der Waals surface area contributed by atoms with Crippen LogP contribution in [0.2, 0.25) is 5.02 Å². The number of hydrogen-bond acceptors (Lipinski definition) is 6. The van der Waals surface area contributed by atoms with Gasteiger partial charge in [-0.3, -0.25) is 19.1 Å². The first-order valence-corrected chi connectivity index (χ1v) is 11.7. The average Bonchev–Trinajstić information content (AvgIpc) is 3.03. The second-order valence-electron chi connectivity index (χ2n) is 7.97. The summed E-state index contributed by atoms with van der Waals surface area (Å²) in [6.45, 7) is 2.50. The predicted molar refractivity (Wildman–Crippen MR) is 134 cm³/mol. The monoisotopic (exact) mass is 487 g/mol. The molecule has 4 aromatic rings. The Hall–Kier alpha value is -3.97. The standard InChI is InChI=1S/C27H22ClN3O4/c1-2-34-27(33)22-16-29-15-13-20-19-6-3-4-8-23(19)31(24(20)22)26(32)21-7-5-14-30-25(21)35-18-11-9-17(28)10-12-18/h3-12,14,16,22H,2,13,15H2,1H3. The SMILES string of the molecule is CCOC(=O)C1C=NCCc2c1n(C(=O)c1cccnc1Oc1ccc(Cl)cc1)c1ccccc21. The van der Waals surface area contributed by atoms with Crippen LogP contribution in [0.5, 0.6) is 11.6 Å². The van der Waals surface area contributed by atoms with Gasteiger partial charge in [-0.15, -0.1) is 0 Å². The molecule has 0 spiro atoms. The van der Waals surface area contributed by atoms with Crippen molar-refractivity contribution >= 4 is 40.6 Å². The van der Waals surface area contributed by atoms with Crippen molar-refractivity contribution in [1.29, 1.82) is 0 Å². The molecule has 1 atom stereocenters. The van der Waals surface area contributed by atoms with Crippen molar-refractivity contribution in [2.45, 2.75) is 19.3 Å². The zero-order valence-corrected chi connectivity index (χ0v) is 19.7. The van der Waals surface area contributed by atoms with E-state index in [0.717, 1.165) is 10.9 Å². The van der Waals surface area contributed by atoms with E-state index in [4.69, 9.17) is 21.1 Å². The molecule has 0 radical (unpaired) electrons. The van der Waals surface area contributed by atoms with E-state index >= 15 is 0 Å². The van der Waals surface area contributed by atoms with E-state index in [1.54, 1.807) is 60.3 Å². The second-order valence-corrected chi connectivity index (χ2v) is 8.41. The third kappa shape index (κ3) is 4.31. The topological polar surface area (TPSA) is 82.8 Å². The predicted octanol–water partition coefficient (Wildman–Crippen LogP) is 5.44. The lowest BCUT2D eigenvalue weighted by Gasteiger charge is -2.17. The molecule has 1 aliphatic rings. The molecule has 0 fully saturated rings. The molecule has 0 saturated carbocycles. The molecule has 0 N–H and O–H groups in total. The third-order valence-electron chi connectivity index (χ3n) is 5.83. The fourth-order valence-corrected chi connectivity index (χ4v) is 4.46. The second kappa shape index (κ2) is 9.72. The van der Waals surface area contributed by atoms with E-state index in [0.29, 0.717) is 34.9 Å². The van der Waals surface area contributed by atoms with Gasteiger partial charge >= 0.3 is 5.97 Å². The molecule has 5 rings (SSSR count). The molecular weight excluding hydrogens is 466 g/mol. The van der Waals surface area contributed by atoms with E-state index in [2.05, 4.69) is 9.98 Å². The number of halogens is 1. The molecule has 0 saturated heterocycles. The summed E-state index contributed by atoms with van der Waals surface area (Å²) < 4.78 is 12.9. The summed E-state index contributed by atoms with van der Waals surface area (Å²) in [5, 5.41) is 1.47. The summed E-state index contributed by atoms with van der Waals surface area (Å²) >= 11 is 5.98.